The summed E-state index contributed by atoms with van der Waals surface area (Å²) in [6, 6.07) is 4.00. The molecule has 2 nitrogen and oxygen atoms in total. The molecule has 0 saturated carbocycles. The minimum absolute atomic E-state index is 0.0376. The van der Waals surface area contributed by atoms with Crippen molar-refractivity contribution in [2.45, 2.75) is 46.6 Å². The number of ketones is 1. The summed E-state index contributed by atoms with van der Waals surface area (Å²) in [5.41, 5.74) is 9.36. The van der Waals surface area contributed by atoms with Crippen molar-refractivity contribution in [3.8, 4) is 0 Å². The Kier molecular flexibility index (Phi) is 3.54. The number of nitrogens with two attached hydrogens (primary N) is 1. The van der Waals surface area contributed by atoms with E-state index in [0.717, 1.165) is 16.7 Å². The zero-order valence-electron chi connectivity index (χ0n) is 10.8. The van der Waals surface area contributed by atoms with E-state index in [4.69, 9.17) is 5.73 Å². The highest BCUT2D eigenvalue weighted by atomic mass is 16.1. The summed E-state index contributed by atoms with van der Waals surface area (Å²) in [4.78, 5) is 12.3. The van der Waals surface area contributed by atoms with Crippen LogP contribution < -0.4 is 5.73 Å². The first-order valence-corrected chi connectivity index (χ1v) is 5.71. The van der Waals surface area contributed by atoms with Gasteiger partial charge in [0.1, 0.15) is 0 Å². The highest BCUT2D eigenvalue weighted by Crippen LogP contribution is 2.21. The zero-order valence-corrected chi connectivity index (χ0v) is 10.8. The maximum atomic E-state index is 12.3. The van der Waals surface area contributed by atoms with E-state index in [-0.39, 0.29) is 5.78 Å². The van der Waals surface area contributed by atoms with Crippen molar-refractivity contribution in [1.29, 1.82) is 0 Å². The molecule has 2 heteroatoms. The van der Waals surface area contributed by atoms with Crippen molar-refractivity contribution in [3.05, 3.63) is 34.4 Å². The summed E-state index contributed by atoms with van der Waals surface area (Å²) in [5.74, 6) is 0.0376. The first-order chi connectivity index (χ1) is 7.29. The van der Waals surface area contributed by atoms with Crippen LogP contribution >= 0.6 is 0 Å². The second-order valence-corrected chi connectivity index (χ2v) is 4.85. The molecule has 16 heavy (non-hydrogen) atoms. The van der Waals surface area contributed by atoms with Crippen LogP contribution in [0.3, 0.4) is 0 Å². The lowest BCUT2D eigenvalue weighted by atomic mass is 9.86. The second kappa shape index (κ2) is 4.38. The fourth-order valence-electron chi connectivity index (χ4n) is 1.67. The molecule has 88 valence electrons. The predicted octanol–water partition coefficient (Wildman–Crippen LogP) is 2.92. The van der Waals surface area contributed by atoms with Gasteiger partial charge in [0, 0.05) is 5.56 Å². The summed E-state index contributed by atoms with van der Waals surface area (Å²) >= 11 is 0. The molecule has 0 aliphatic heterocycles. The van der Waals surface area contributed by atoms with Crippen molar-refractivity contribution in [2.24, 2.45) is 5.73 Å². The van der Waals surface area contributed by atoms with Crippen LogP contribution in [0, 0.1) is 20.8 Å². The lowest BCUT2D eigenvalue weighted by Crippen LogP contribution is -2.44. The van der Waals surface area contributed by atoms with Crippen LogP contribution in [0.4, 0.5) is 0 Å². The summed E-state index contributed by atoms with van der Waals surface area (Å²) in [5, 5.41) is 0. The monoisotopic (exact) mass is 219 g/mol. The molecule has 0 radical (unpaired) electrons. The summed E-state index contributed by atoms with van der Waals surface area (Å²) < 4.78 is 0. The second-order valence-electron chi connectivity index (χ2n) is 4.85. The van der Waals surface area contributed by atoms with E-state index in [1.807, 2.05) is 32.9 Å². The summed E-state index contributed by atoms with van der Waals surface area (Å²) in [6.45, 7) is 9.77. The first-order valence-electron chi connectivity index (χ1n) is 5.71. The molecule has 2 N–H and O–H groups in total. The van der Waals surface area contributed by atoms with Gasteiger partial charge in [-0.3, -0.25) is 4.79 Å². The van der Waals surface area contributed by atoms with Crippen LogP contribution in [0.2, 0.25) is 0 Å². The molecule has 0 saturated heterocycles. The van der Waals surface area contributed by atoms with Gasteiger partial charge in [-0.1, -0.05) is 13.0 Å². The standard InChI is InChI=1S/C14H21NO/c1-6-14(5,15)13(16)12-8-10(3)9(2)7-11(12)4/h7-8H,6,15H2,1-5H3. The molecule has 0 spiro atoms. The fraction of sp³-hybridized carbons (Fsp3) is 0.500. The highest BCUT2D eigenvalue weighted by Gasteiger charge is 2.28. The topological polar surface area (TPSA) is 43.1 Å². The molecule has 1 rings (SSSR count). The Morgan fingerprint density at radius 1 is 1.19 bits per heavy atom. The maximum Gasteiger partial charge on any atom is 0.182 e. The van der Waals surface area contributed by atoms with Gasteiger partial charge in [0.25, 0.3) is 0 Å². The Morgan fingerprint density at radius 2 is 1.69 bits per heavy atom. The van der Waals surface area contributed by atoms with Crippen LogP contribution in [0.1, 0.15) is 47.3 Å². The van der Waals surface area contributed by atoms with Gasteiger partial charge >= 0.3 is 0 Å². The SMILES string of the molecule is CCC(C)(N)C(=O)c1cc(C)c(C)cc1C. The molecule has 1 atom stereocenters. The van der Waals surface area contributed by atoms with Gasteiger partial charge in [0.2, 0.25) is 0 Å². The van der Waals surface area contributed by atoms with E-state index >= 15 is 0 Å². The van der Waals surface area contributed by atoms with E-state index in [2.05, 4.69) is 6.92 Å². The van der Waals surface area contributed by atoms with Crippen LogP contribution in [-0.4, -0.2) is 11.3 Å². The predicted molar refractivity (Wildman–Crippen MR) is 67.9 cm³/mol. The smallest absolute Gasteiger partial charge is 0.182 e. The number of rotatable bonds is 3. The number of carbonyl (C=O) groups is 1. The number of benzene rings is 1. The molecule has 0 aromatic heterocycles. The van der Waals surface area contributed by atoms with Crippen LogP contribution in [0.5, 0.6) is 0 Å². The molecular weight excluding hydrogens is 198 g/mol. The Labute approximate surface area is 97.9 Å². The summed E-state index contributed by atoms with van der Waals surface area (Å²) in [7, 11) is 0. The number of Topliss-reactive ketones (excluding diaryl/α,β-unsaturated/α-hetero) is 1. The average molecular weight is 219 g/mol. The van der Waals surface area contributed by atoms with Gasteiger partial charge in [0.15, 0.2) is 5.78 Å². The average Bonchev–Trinajstić information content (AvgIpc) is 2.22. The van der Waals surface area contributed by atoms with Gasteiger partial charge in [-0.15, -0.1) is 0 Å². The van der Waals surface area contributed by atoms with Gasteiger partial charge in [0.05, 0.1) is 5.54 Å². The number of hydrogen-bond acceptors (Lipinski definition) is 2. The van der Waals surface area contributed by atoms with E-state index < -0.39 is 5.54 Å². The van der Waals surface area contributed by atoms with Gasteiger partial charge in [-0.2, -0.15) is 0 Å². The third-order valence-corrected chi connectivity index (χ3v) is 3.34. The third kappa shape index (κ3) is 2.33. The lowest BCUT2D eigenvalue weighted by Gasteiger charge is -2.22. The van der Waals surface area contributed by atoms with Crippen molar-refractivity contribution in [1.82, 2.24) is 0 Å². The molecular formula is C14H21NO. The number of hydrogen-bond donors (Lipinski definition) is 1. The largest absolute Gasteiger partial charge is 0.319 e. The Balaban J connectivity index is 3.25. The van der Waals surface area contributed by atoms with Crippen molar-refractivity contribution < 1.29 is 4.79 Å². The van der Waals surface area contributed by atoms with Gasteiger partial charge < -0.3 is 5.73 Å². The third-order valence-electron chi connectivity index (χ3n) is 3.34. The zero-order chi connectivity index (χ0) is 12.5. The molecule has 0 heterocycles. The molecule has 0 aliphatic rings. The number of carbonyl (C=O) groups excluding carboxylic acids is 1. The summed E-state index contributed by atoms with van der Waals surface area (Å²) in [6.07, 6.45) is 0.651. The van der Waals surface area contributed by atoms with Crippen LogP contribution in [0.25, 0.3) is 0 Å². The van der Waals surface area contributed by atoms with E-state index in [1.165, 1.54) is 5.56 Å². The molecule has 0 amide bonds. The number of aryl methyl sites for hydroxylation is 3. The molecule has 1 unspecified atom stereocenters. The van der Waals surface area contributed by atoms with E-state index in [0.29, 0.717) is 6.42 Å². The fourth-order valence-corrected chi connectivity index (χ4v) is 1.67. The molecule has 1 aromatic rings. The molecule has 0 fully saturated rings. The lowest BCUT2D eigenvalue weighted by molar-refractivity contribution is 0.0897. The van der Waals surface area contributed by atoms with Crippen molar-refractivity contribution >= 4 is 5.78 Å². The van der Waals surface area contributed by atoms with Crippen LogP contribution in [-0.2, 0) is 0 Å². The minimum atomic E-state index is -0.757. The quantitative estimate of drug-likeness (QED) is 0.794. The normalized spacial score (nSPS) is 14.6. The Bertz CT molecular complexity index is 419. The Morgan fingerprint density at radius 3 is 2.19 bits per heavy atom. The van der Waals surface area contributed by atoms with Crippen molar-refractivity contribution in [2.75, 3.05) is 0 Å². The highest BCUT2D eigenvalue weighted by molar-refractivity contribution is 6.04. The maximum absolute atomic E-state index is 12.3. The van der Waals surface area contributed by atoms with E-state index in [9.17, 15) is 4.79 Å². The Hall–Kier alpha value is -1.15. The molecule has 0 aliphatic carbocycles. The van der Waals surface area contributed by atoms with Gasteiger partial charge in [-0.05, 0) is 56.9 Å². The minimum Gasteiger partial charge on any atom is -0.319 e. The van der Waals surface area contributed by atoms with Gasteiger partial charge in [-0.25, -0.2) is 0 Å². The van der Waals surface area contributed by atoms with E-state index in [1.54, 1.807) is 6.92 Å². The molecule has 1 aromatic carbocycles. The molecule has 0 bridgehead atoms. The van der Waals surface area contributed by atoms with Crippen LogP contribution in [0.15, 0.2) is 12.1 Å². The van der Waals surface area contributed by atoms with Crippen molar-refractivity contribution in [3.63, 3.8) is 0 Å². The first kappa shape index (κ1) is 12.9.